The maximum absolute atomic E-state index is 10.7. The molecule has 1 amide bonds. The lowest BCUT2D eigenvalue weighted by atomic mass is 10.4. The molecule has 0 aromatic heterocycles. The molecule has 0 heterocycles. The quantitative estimate of drug-likeness (QED) is 0.401. The topological polar surface area (TPSA) is 67.8 Å². The molecule has 13 heavy (non-hydrogen) atoms. The molecular weight excluding hydrogens is 174 g/mol. The number of ether oxygens (including phenoxy) is 2. The molecule has 0 atom stereocenters. The predicted octanol–water partition coefficient (Wildman–Crippen LogP) is -0.504. The fourth-order valence-electron chi connectivity index (χ4n) is 0.672. The van der Waals surface area contributed by atoms with Crippen LogP contribution in [0.15, 0.2) is 0 Å². The Morgan fingerprint density at radius 1 is 1.31 bits per heavy atom. The predicted molar refractivity (Wildman–Crippen MR) is 47.2 cm³/mol. The number of nitrogens with one attached hydrogen (secondary N) is 1. The monoisotopic (exact) mass is 191 g/mol. The zero-order valence-electron chi connectivity index (χ0n) is 7.91. The van der Waals surface area contributed by atoms with Gasteiger partial charge in [0.15, 0.2) is 0 Å². The maximum atomic E-state index is 10.7. The van der Waals surface area contributed by atoms with Gasteiger partial charge in [-0.1, -0.05) is 6.92 Å². The van der Waals surface area contributed by atoms with Gasteiger partial charge in [0.1, 0.15) is 6.79 Å². The minimum absolute atomic E-state index is 0.0233. The number of hydrogen-bond acceptors (Lipinski definition) is 4. The summed E-state index contributed by atoms with van der Waals surface area (Å²) in [7, 11) is 0. The Kier molecular flexibility index (Phi) is 8.97. The third-order valence-corrected chi connectivity index (χ3v) is 1.35. The second-order valence-electron chi connectivity index (χ2n) is 2.35. The lowest BCUT2D eigenvalue weighted by Gasteiger charge is -2.04. The second-order valence-corrected chi connectivity index (χ2v) is 2.35. The number of amides is 1. The minimum Gasteiger partial charge on any atom is -0.377 e. The highest BCUT2D eigenvalue weighted by molar-refractivity contribution is 5.75. The van der Waals surface area contributed by atoms with Crippen LogP contribution in [0.4, 0.5) is 0 Å². The number of carbonyl (C=O) groups is 1. The van der Waals surface area contributed by atoms with Crippen molar-refractivity contribution in [2.75, 3.05) is 33.2 Å². The summed E-state index contributed by atoms with van der Waals surface area (Å²) in [5.74, 6) is 0.0233. The van der Waals surface area contributed by atoms with Gasteiger partial charge in [-0.25, -0.2) is 0 Å². The Morgan fingerprint density at radius 2 is 2.00 bits per heavy atom. The molecule has 0 aliphatic rings. The molecule has 0 aromatic carbocycles. The van der Waals surface area contributed by atoms with Crippen molar-refractivity contribution in [3.05, 3.63) is 0 Å². The zero-order valence-corrected chi connectivity index (χ0v) is 7.91. The molecule has 0 saturated carbocycles. The van der Waals surface area contributed by atoms with Crippen molar-refractivity contribution in [3.63, 3.8) is 0 Å². The van der Waals surface area contributed by atoms with Crippen LogP contribution in [0.2, 0.25) is 0 Å². The summed E-state index contributed by atoms with van der Waals surface area (Å²) in [4.78, 5) is 10.7. The molecule has 5 heteroatoms. The van der Waals surface area contributed by atoms with Gasteiger partial charge in [0.2, 0.25) is 5.91 Å². The van der Waals surface area contributed by atoms with Crippen molar-refractivity contribution < 1.29 is 19.4 Å². The summed E-state index contributed by atoms with van der Waals surface area (Å²) in [6.45, 7) is 3.31. The summed E-state index contributed by atoms with van der Waals surface area (Å²) >= 11 is 0. The Bertz CT molecular complexity index is 129. The Morgan fingerprint density at radius 3 is 2.62 bits per heavy atom. The van der Waals surface area contributed by atoms with Crippen LogP contribution < -0.4 is 5.32 Å². The van der Waals surface area contributed by atoms with Crippen molar-refractivity contribution in [2.24, 2.45) is 0 Å². The van der Waals surface area contributed by atoms with Crippen molar-refractivity contribution >= 4 is 5.91 Å². The van der Waals surface area contributed by atoms with Gasteiger partial charge in [-0.3, -0.25) is 4.79 Å². The molecule has 0 radical (unpaired) electrons. The molecule has 0 bridgehead atoms. The van der Waals surface area contributed by atoms with Gasteiger partial charge in [-0.15, -0.1) is 0 Å². The van der Waals surface area contributed by atoms with E-state index in [1.54, 1.807) is 6.92 Å². The standard InChI is InChI=1S/C8H17NO4/c1-2-8(11)9-3-4-12-5-6-13-7-10/h10H,2-7H2,1H3,(H,9,11). The van der Waals surface area contributed by atoms with E-state index >= 15 is 0 Å². The molecule has 0 rings (SSSR count). The largest absolute Gasteiger partial charge is 0.377 e. The molecule has 0 spiro atoms. The second kappa shape index (κ2) is 9.44. The lowest BCUT2D eigenvalue weighted by Crippen LogP contribution is -2.26. The van der Waals surface area contributed by atoms with Crippen LogP contribution >= 0.6 is 0 Å². The van der Waals surface area contributed by atoms with Gasteiger partial charge < -0.3 is 19.9 Å². The highest BCUT2D eigenvalue weighted by Crippen LogP contribution is 1.78. The minimum atomic E-state index is -0.282. The first-order valence-corrected chi connectivity index (χ1v) is 4.34. The molecule has 0 unspecified atom stereocenters. The first-order valence-electron chi connectivity index (χ1n) is 4.34. The van der Waals surface area contributed by atoms with Gasteiger partial charge in [0.05, 0.1) is 19.8 Å². The third kappa shape index (κ3) is 9.26. The van der Waals surface area contributed by atoms with E-state index in [4.69, 9.17) is 9.84 Å². The van der Waals surface area contributed by atoms with Crippen LogP contribution in [0.5, 0.6) is 0 Å². The van der Waals surface area contributed by atoms with Crippen LogP contribution in [0.25, 0.3) is 0 Å². The molecule has 0 aliphatic heterocycles. The first-order chi connectivity index (χ1) is 6.31. The molecular formula is C8H17NO4. The molecule has 5 nitrogen and oxygen atoms in total. The van der Waals surface area contributed by atoms with E-state index in [0.717, 1.165) is 0 Å². The zero-order chi connectivity index (χ0) is 9.94. The molecule has 0 saturated heterocycles. The summed E-state index contributed by atoms with van der Waals surface area (Å²) in [5, 5.41) is 10.9. The third-order valence-electron chi connectivity index (χ3n) is 1.35. The van der Waals surface area contributed by atoms with E-state index in [0.29, 0.717) is 32.8 Å². The van der Waals surface area contributed by atoms with Crippen molar-refractivity contribution in [2.45, 2.75) is 13.3 Å². The fourth-order valence-corrected chi connectivity index (χ4v) is 0.672. The summed E-state index contributed by atoms with van der Waals surface area (Å²) < 4.78 is 9.71. The average molecular weight is 191 g/mol. The Hall–Kier alpha value is -0.650. The molecule has 0 aromatic rings. The van der Waals surface area contributed by atoms with E-state index in [1.165, 1.54) is 0 Å². The van der Waals surface area contributed by atoms with Gasteiger partial charge >= 0.3 is 0 Å². The van der Waals surface area contributed by atoms with Crippen LogP contribution in [-0.4, -0.2) is 44.2 Å². The van der Waals surface area contributed by atoms with Crippen molar-refractivity contribution in [1.29, 1.82) is 0 Å². The SMILES string of the molecule is CCC(=O)NCCOCCOCO. The van der Waals surface area contributed by atoms with Gasteiger partial charge in [-0.05, 0) is 0 Å². The summed E-state index contributed by atoms with van der Waals surface area (Å²) in [5.41, 5.74) is 0. The highest BCUT2D eigenvalue weighted by Gasteiger charge is 1.94. The van der Waals surface area contributed by atoms with Crippen LogP contribution in [0.3, 0.4) is 0 Å². The molecule has 0 aliphatic carbocycles. The number of rotatable bonds is 8. The highest BCUT2D eigenvalue weighted by atomic mass is 16.6. The van der Waals surface area contributed by atoms with Gasteiger partial charge in [0, 0.05) is 13.0 Å². The number of aliphatic hydroxyl groups is 1. The number of carbonyl (C=O) groups excluding carboxylic acids is 1. The van der Waals surface area contributed by atoms with E-state index < -0.39 is 0 Å². The van der Waals surface area contributed by atoms with E-state index in [-0.39, 0.29) is 12.7 Å². The Labute approximate surface area is 78.0 Å². The molecule has 2 N–H and O–H groups in total. The Balaban J connectivity index is 2.95. The van der Waals surface area contributed by atoms with E-state index in [2.05, 4.69) is 10.1 Å². The summed E-state index contributed by atoms with van der Waals surface area (Å²) in [6.07, 6.45) is 0.494. The lowest BCUT2D eigenvalue weighted by molar-refractivity contribution is -0.121. The van der Waals surface area contributed by atoms with E-state index in [1.807, 2.05) is 0 Å². The summed E-state index contributed by atoms with van der Waals surface area (Å²) in [6, 6.07) is 0. The number of hydrogen-bond donors (Lipinski definition) is 2. The van der Waals surface area contributed by atoms with Crippen LogP contribution in [0, 0.1) is 0 Å². The normalized spacial score (nSPS) is 10.0. The maximum Gasteiger partial charge on any atom is 0.219 e. The van der Waals surface area contributed by atoms with Crippen LogP contribution in [0.1, 0.15) is 13.3 Å². The molecule has 78 valence electrons. The first kappa shape index (κ1) is 12.3. The van der Waals surface area contributed by atoms with Gasteiger partial charge in [-0.2, -0.15) is 0 Å². The van der Waals surface area contributed by atoms with Crippen molar-refractivity contribution in [1.82, 2.24) is 5.32 Å². The van der Waals surface area contributed by atoms with Crippen molar-refractivity contribution in [3.8, 4) is 0 Å². The van der Waals surface area contributed by atoms with E-state index in [9.17, 15) is 4.79 Å². The average Bonchev–Trinajstić information content (AvgIpc) is 2.16. The van der Waals surface area contributed by atoms with Crippen LogP contribution in [-0.2, 0) is 14.3 Å². The van der Waals surface area contributed by atoms with Gasteiger partial charge in [0.25, 0.3) is 0 Å². The fraction of sp³-hybridized carbons (Fsp3) is 0.875. The number of aliphatic hydroxyl groups excluding tert-OH is 1. The molecule has 0 fully saturated rings. The smallest absolute Gasteiger partial charge is 0.219 e.